The van der Waals surface area contributed by atoms with E-state index in [0.29, 0.717) is 5.69 Å². The van der Waals surface area contributed by atoms with E-state index in [2.05, 4.69) is 21.9 Å². The van der Waals surface area contributed by atoms with Crippen molar-refractivity contribution in [3.63, 3.8) is 0 Å². The first kappa shape index (κ1) is 9.97. The second-order valence-electron chi connectivity index (χ2n) is 2.73. The minimum Gasteiger partial charge on any atom is -0.398 e. The van der Waals surface area contributed by atoms with Gasteiger partial charge in [0.1, 0.15) is 0 Å². The summed E-state index contributed by atoms with van der Waals surface area (Å²) in [5, 5.41) is 3.31. The lowest BCUT2D eigenvalue weighted by molar-refractivity contribution is 1.25. The highest BCUT2D eigenvalue weighted by Crippen LogP contribution is 2.14. The number of aryl methyl sites for hydroxylation is 1. The molecule has 0 aliphatic heterocycles. The van der Waals surface area contributed by atoms with E-state index in [4.69, 9.17) is 11.3 Å². The number of nitrogens with zero attached hydrogens (tertiary/aromatic N) is 3. The van der Waals surface area contributed by atoms with Crippen LogP contribution in [-0.2, 0) is 0 Å². The highest BCUT2D eigenvalue weighted by molar-refractivity contribution is 5.60. The van der Waals surface area contributed by atoms with Crippen LogP contribution in [0.2, 0.25) is 0 Å². The first-order valence-corrected chi connectivity index (χ1v) is 4.10. The lowest BCUT2D eigenvalue weighted by Gasteiger charge is -2.00. The normalized spacial score (nSPS) is 8.36. The molecule has 0 bridgehead atoms. The number of hydrogen-bond acceptors (Lipinski definition) is 2. The number of azide groups is 1. The molecule has 4 heteroatoms. The highest BCUT2D eigenvalue weighted by atomic mass is 15.1. The molecule has 0 aliphatic rings. The van der Waals surface area contributed by atoms with Gasteiger partial charge in [0.2, 0.25) is 0 Å². The lowest BCUT2D eigenvalue weighted by Crippen LogP contribution is -1.93. The first-order chi connectivity index (χ1) is 6.75. The zero-order valence-corrected chi connectivity index (χ0v) is 7.86. The summed E-state index contributed by atoms with van der Waals surface area (Å²) in [4.78, 5) is 2.60. The summed E-state index contributed by atoms with van der Waals surface area (Å²) in [5.41, 5.74) is 16.3. The molecule has 0 atom stereocenters. The number of para-hydroxylation sites is 1. The van der Waals surface area contributed by atoms with Crippen molar-refractivity contribution >= 4 is 5.69 Å². The van der Waals surface area contributed by atoms with Crippen LogP contribution in [-0.4, -0.2) is 6.54 Å². The van der Waals surface area contributed by atoms with E-state index < -0.39 is 0 Å². The van der Waals surface area contributed by atoms with Crippen molar-refractivity contribution in [3.8, 4) is 11.8 Å². The summed E-state index contributed by atoms with van der Waals surface area (Å²) >= 11 is 0. The van der Waals surface area contributed by atoms with Gasteiger partial charge in [0, 0.05) is 10.5 Å². The maximum absolute atomic E-state index is 8.03. The van der Waals surface area contributed by atoms with Gasteiger partial charge in [-0.05, 0) is 24.1 Å². The smallest absolute Gasteiger partial charge is 0.0880 e. The maximum Gasteiger partial charge on any atom is 0.0880 e. The largest absolute Gasteiger partial charge is 0.398 e. The van der Waals surface area contributed by atoms with Gasteiger partial charge in [0.25, 0.3) is 0 Å². The Labute approximate surface area is 82.4 Å². The van der Waals surface area contributed by atoms with E-state index in [1.54, 1.807) is 0 Å². The van der Waals surface area contributed by atoms with Crippen LogP contribution in [0.4, 0.5) is 5.69 Å². The van der Waals surface area contributed by atoms with Gasteiger partial charge < -0.3 is 5.73 Å². The van der Waals surface area contributed by atoms with Gasteiger partial charge in [0.15, 0.2) is 0 Å². The van der Waals surface area contributed by atoms with Gasteiger partial charge in [-0.3, -0.25) is 0 Å². The van der Waals surface area contributed by atoms with Crippen LogP contribution >= 0.6 is 0 Å². The van der Waals surface area contributed by atoms with Crippen molar-refractivity contribution in [1.29, 1.82) is 0 Å². The Hall–Kier alpha value is -2.11. The number of benzene rings is 1. The molecule has 70 valence electrons. The Bertz CT molecular complexity index is 433. The van der Waals surface area contributed by atoms with Crippen LogP contribution < -0.4 is 5.73 Å². The van der Waals surface area contributed by atoms with E-state index in [9.17, 15) is 0 Å². The standard InChI is InChI=1S/C10H10N4/c1-8-4-2-5-9(10(8)11)6-3-7-13-14-12/h2,4-5H,7,11H2,1H3. The van der Waals surface area contributed by atoms with Crippen LogP contribution in [0.25, 0.3) is 10.4 Å². The SMILES string of the molecule is Cc1cccc(C#CCN=[N+]=[N-])c1N. The maximum atomic E-state index is 8.03. The minimum absolute atomic E-state index is 0.171. The van der Waals surface area contributed by atoms with Crippen molar-refractivity contribution < 1.29 is 0 Å². The van der Waals surface area contributed by atoms with Crippen LogP contribution in [0.1, 0.15) is 11.1 Å². The summed E-state index contributed by atoms with van der Waals surface area (Å²) < 4.78 is 0. The van der Waals surface area contributed by atoms with Crippen molar-refractivity contribution in [3.05, 3.63) is 39.8 Å². The minimum atomic E-state index is 0.171. The number of nitrogen functional groups attached to an aromatic ring is 1. The van der Waals surface area contributed by atoms with E-state index in [1.807, 2.05) is 25.1 Å². The molecule has 2 N–H and O–H groups in total. The van der Waals surface area contributed by atoms with E-state index in [1.165, 1.54) is 0 Å². The summed E-state index contributed by atoms with van der Waals surface area (Å²) in [6.45, 7) is 2.10. The van der Waals surface area contributed by atoms with Gasteiger partial charge in [-0.15, -0.1) is 0 Å². The molecule has 0 saturated heterocycles. The number of nitrogens with two attached hydrogens (primary N) is 1. The van der Waals surface area contributed by atoms with Crippen molar-refractivity contribution in [2.45, 2.75) is 6.92 Å². The zero-order valence-electron chi connectivity index (χ0n) is 7.86. The Morgan fingerprint density at radius 3 is 3.07 bits per heavy atom. The van der Waals surface area contributed by atoms with E-state index >= 15 is 0 Å². The van der Waals surface area contributed by atoms with Gasteiger partial charge in [-0.1, -0.05) is 29.1 Å². The Morgan fingerprint density at radius 2 is 2.36 bits per heavy atom. The third kappa shape index (κ3) is 2.44. The fourth-order valence-corrected chi connectivity index (χ4v) is 0.991. The molecule has 0 amide bonds. The Balaban J connectivity index is 2.89. The van der Waals surface area contributed by atoms with Crippen LogP contribution in [0.3, 0.4) is 0 Å². The summed E-state index contributed by atoms with van der Waals surface area (Å²) in [6, 6.07) is 5.66. The average molecular weight is 186 g/mol. The fraction of sp³-hybridized carbons (Fsp3) is 0.200. The quantitative estimate of drug-likeness (QED) is 0.236. The lowest BCUT2D eigenvalue weighted by atomic mass is 10.1. The molecule has 14 heavy (non-hydrogen) atoms. The van der Waals surface area contributed by atoms with Gasteiger partial charge >= 0.3 is 0 Å². The molecule has 0 radical (unpaired) electrons. The van der Waals surface area contributed by atoms with Crippen LogP contribution in [0, 0.1) is 18.8 Å². The molecule has 0 unspecified atom stereocenters. The number of hydrogen-bond donors (Lipinski definition) is 1. The molecule has 0 aliphatic carbocycles. The Kier molecular flexibility index (Phi) is 3.42. The fourth-order valence-electron chi connectivity index (χ4n) is 0.991. The van der Waals surface area contributed by atoms with Gasteiger partial charge in [0.05, 0.1) is 12.2 Å². The monoisotopic (exact) mass is 186 g/mol. The molecular weight excluding hydrogens is 176 g/mol. The summed E-state index contributed by atoms with van der Waals surface area (Å²) in [6.07, 6.45) is 0. The average Bonchev–Trinajstić information content (AvgIpc) is 2.19. The molecule has 1 rings (SSSR count). The van der Waals surface area contributed by atoms with E-state index in [-0.39, 0.29) is 6.54 Å². The summed E-state index contributed by atoms with van der Waals surface area (Å²) in [5.74, 6) is 5.57. The molecule has 1 aromatic carbocycles. The predicted molar refractivity (Wildman–Crippen MR) is 56.5 cm³/mol. The molecular formula is C10H10N4. The second kappa shape index (κ2) is 4.80. The molecule has 0 heterocycles. The van der Waals surface area contributed by atoms with Crippen molar-refractivity contribution in [2.75, 3.05) is 12.3 Å². The Morgan fingerprint density at radius 1 is 1.57 bits per heavy atom. The highest BCUT2D eigenvalue weighted by Gasteiger charge is 1.96. The summed E-state index contributed by atoms with van der Waals surface area (Å²) in [7, 11) is 0. The molecule has 0 saturated carbocycles. The molecule has 1 aromatic rings. The molecule has 0 aromatic heterocycles. The van der Waals surface area contributed by atoms with Crippen LogP contribution in [0.15, 0.2) is 23.3 Å². The van der Waals surface area contributed by atoms with Crippen molar-refractivity contribution in [2.24, 2.45) is 5.11 Å². The third-order valence-electron chi connectivity index (χ3n) is 1.76. The second-order valence-corrected chi connectivity index (χ2v) is 2.73. The predicted octanol–water partition coefficient (Wildman–Crippen LogP) is 2.24. The molecule has 0 spiro atoms. The molecule has 4 nitrogen and oxygen atoms in total. The first-order valence-electron chi connectivity index (χ1n) is 4.10. The van der Waals surface area contributed by atoms with Gasteiger partial charge in [-0.25, -0.2) is 0 Å². The number of anilines is 1. The molecule has 0 fully saturated rings. The topological polar surface area (TPSA) is 74.8 Å². The van der Waals surface area contributed by atoms with E-state index in [0.717, 1.165) is 11.1 Å². The van der Waals surface area contributed by atoms with Crippen LogP contribution in [0.5, 0.6) is 0 Å². The van der Waals surface area contributed by atoms with Crippen molar-refractivity contribution in [1.82, 2.24) is 0 Å². The number of rotatable bonds is 1. The third-order valence-corrected chi connectivity index (χ3v) is 1.76. The van der Waals surface area contributed by atoms with Gasteiger partial charge in [-0.2, -0.15) is 0 Å². The zero-order chi connectivity index (χ0) is 10.4.